The molecule has 26 heavy (non-hydrogen) atoms. The molecule has 2 aromatic rings. The molecule has 0 saturated carbocycles. The van der Waals surface area contributed by atoms with Crippen molar-refractivity contribution in [2.24, 2.45) is 0 Å². The molecule has 0 radical (unpaired) electrons. The van der Waals surface area contributed by atoms with Gasteiger partial charge in [0.1, 0.15) is 0 Å². The van der Waals surface area contributed by atoms with Crippen LogP contribution in [0, 0.1) is 6.92 Å². The van der Waals surface area contributed by atoms with E-state index in [-0.39, 0.29) is 11.9 Å². The lowest BCUT2D eigenvalue weighted by atomic mass is 10.1. The summed E-state index contributed by atoms with van der Waals surface area (Å²) in [7, 11) is 0. The summed E-state index contributed by atoms with van der Waals surface area (Å²) in [5.74, 6) is 0.0665. The molecule has 1 heterocycles. The van der Waals surface area contributed by atoms with Crippen molar-refractivity contribution in [1.82, 2.24) is 10.2 Å². The van der Waals surface area contributed by atoms with Gasteiger partial charge >= 0.3 is 0 Å². The first kappa shape index (κ1) is 18.7. The van der Waals surface area contributed by atoms with Gasteiger partial charge in [0.15, 0.2) is 0 Å². The average molecular weight is 372 g/mol. The van der Waals surface area contributed by atoms with E-state index >= 15 is 0 Å². The number of rotatable bonds is 5. The molecule has 5 heteroatoms. The number of para-hydroxylation sites is 1. The number of piperazine rings is 1. The fourth-order valence-electron chi connectivity index (χ4n) is 3.39. The lowest BCUT2D eigenvalue weighted by Crippen LogP contribution is -2.49. The van der Waals surface area contributed by atoms with Crippen LogP contribution in [0.1, 0.15) is 24.1 Å². The Labute approximate surface area is 160 Å². The second kappa shape index (κ2) is 8.56. The van der Waals surface area contributed by atoms with Gasteiger partial charge in [-0.3, -0.25) is 9.69 Å². The molecule has 138 valence electrons. The maximum atomic E-state index is 12.4. The fraction of sp³-hybridized carbons (Fsp3) is 0.381. The number of anilines is 1. The highest BCUT2D eigenvalue weighted by Gasteiger charge is 2.20. The summed E-state index contributed by atoms with van der Waals surface area (Å²) in [6.45, 7) is 8.29. The van der Waals surface area contributed by atoms with Gasteiger partial charge in [0.2, 0.25) is 5.91 Å². The predicted molar refractivity (Wildman–Crippen MR) is 108 cm³/mol. The van der Waals surface area contributed by atoms with Gasteiger partial charge in [0.25, 0.3) is 0 Å². The van der Waals surface area contributed by atoms with Gasteiger partial charge in [-0.05, 0) is 43.2 Å². The molecule has 2 aromatic carbocycles. The zero-order valence-corrected chi connectivity index (χ0v) is 16.2. The first-order chi connectivity index (χ1) is 12.5. The minimum Gasteiger partial charge on any atom is -0.369 e. The summed E-state index contributed by atoms with van der Waals surface area (Å²) < 4.78 is 0. The van der Waals surface area contributed by atoms with Crippen LogP contribution in [0.4, 0.5) is 5.69 Å². The van der Waals surface area contributed by atoms with Crippen LogP contribution in [-0.4, -0.2) is 43.5 Å². The zero-order chi connectivity index (χ0) is 18.5. The highest BCUT2D eigenvalue weighted by Crippen LogP contribution is 2.21. The van der Waals surface area contributed by atoms with Crippen LogP contribution in [-0.2, 0) is 4.79 Å². The molecule has 0 aliphatic carbocycles. The molecule has 0 bridgehead atoms. The molecule has 0 spiro atoms. The highest BCUT2D eigenvalue weighted by molar-refractivity contribution is 6.30. The molecule has 1 amide bonds. The molecule has 1 fully saturated rings. The second-order valence-corrected chi connectivity index (χ2v) is 7.33. The third-order valence-electron chi connectivity index (χ3n) is 4.94. The van der Waals surface area contributed by atoms with Crippen molar-refractivity contribution in [2.45, 2.75) is 19.9 Å². The third kappa shape index (κ3) is 4.77. The van der Waals surface area contributed by atoms with Gasteiger partial charge in [-0.1, -0.05) is 41.9 Å². The summed E-state index contributed by atoms with van der Waals surface area (Å²) in [5.41, 5.74) is 3.66. The topological polar surface area (TPSA) is 35.6 Å². The fourth-order valence-corrected chi connectivity index (χ4v) is 3.52. The largest absolute Gasteiger partial charge is 0.369 e. The Kier molecular flexibility index (Phi) is 6.17. The quantitative estimate of drug-likeness (QED) is 0.871. The molecule has 1 N–H and O–H groups in total. The molecular weight excluding hydrogens is 346 g/mol. The number of hydrogen-bond acceptors (Lipinski definition) is 3. The number of hydrogen-bond donors (Lipinski definition) is 1. The summed E-state index contributed by atoms with van der Waals surface area (Å²) in [4.78, 5) is 17.0. The van der Waals surface area contributed by atoms with Gasteiger partial charge in [-0.15, -0.1) is 0 Å². The molecule has 4 nitrogen and oxygen atoms in total. The SMILES string of the molecule is Cc1ccccc1N1CCN(CC(=O)NC(C)c2ccc(Cl)cc2)CC1. The van der Waals surface area contributed by atoms with Crippen molar-refractivity contribution >= 4 is 23.2 Å². The normalized spacial score (nSPS) is 16.3. The van der Waals surface area contributed by atoms with Gasteiger partial charge in [0.05, 0.1) is 12.6 Å². The summed E-state index contributed by atoms with van der Waals surface area (Å²) >= 11 is 5.92. The monoisotopic (exact) mass is 371 g/mol. The summed E-state index contributed by atoms with van der Waals surface area (Å²) in [5, 5.41) is 3.78. The molecule has 1 unspecified atom stereocenters. The number of benzene rings is 2. The number of nitrogens with zero attached hydrogens (tertiary/aromatic N) is 2. The van der Waals surface area contributed by atoms with Crippen molar-refractivity contribution in [2.75, 3.05) is 37.6 Å². The smallest absolute Gasteiger partial charge is 0.234 e. The van der Waals surface area contributed by atoms with E-state index in [4.69, 9.17) is 11.6 Å². The Morgan fingerprint density at radius 3 is 2.38 bits per heavy atom. The molecule has 1 aliphatic heterocycles. The van der Waals surface area contributed by atoms with Crippen LogP contribution < -0.4 is 10.2 Å². The Morgan fingerprint density at radius 2 is 1.73 bits per heavy atom. The average Bonchev–Trinajstić information content (AvgIpc) is 2.63. The van der Waals surface area contributed by atoms with Crippen LogP contribution >= 0.6 is 11.6 Å². The van der Waals surface area contributed by atoms with Crippen LogP contribution in [0.25, 0.3) is 0 Å². The first-order valence-corrected chi connectivity index (χ1v) is 9.48. The lowest BCUT2D eigenvalue weighted by molar-refractivity contribution is -0.123. The Hall–Kier alpha value is -2.04. The minimum atomic E-state index is -0.0203. The van der Waals surface area contributed by atoms with E-state index in [0.29, 0.717) is 11.6 Å². The molecule has 3 rings (SSSR count). The molecule has 1 atom stereocenters. The zero-order valence-electron chi connectivity index (χ0n) is 15.4. The van der Waals surface area contributed by atoms with Gasteiger partial charge in [-0.25, -0.2) is 0 Å². The van der Waals surface area contributed by atoms with Gasteiger partial charge in [-0.2, -0.15) is 0 Å². The lowest BCUT2D eigenvalue weighted by Gasteiger charge is -2.36. The third-order valence-corrected chi connectivity index (χ3v) is 5.20. The molecule has 0 aromatic heterocycles. The number of carbonyl (C=O) groups is 1. The maximum absolute atomic E-state index is 12.4. The number of aryl methyl sites for hydroxylation is 1. The Balaban J connectivity index is 1.47. The number of halogens is 1. The van der Waals surface area contributed by atoms with Crippen LogP contribution in [0.2, 0.25) is 5.02 Å². The van der Waals surface area contributed by atoms with E-state index in [9.17, 15) is 4.79 Å². The van der Waals surface area contributed by atoms with Crippen molar-refractivity contribution in [3.63, 3.8) is 0 Å². The molecular formula is C21H26ClN3O. The Morgan fingerprint density at radius 1 is 1.08 bits per heavy atom. The van der Waals surface area contributed by atoms with Gasteiger partial charge < -0.3 is 10.2 Å². The van der Waals surface area contributed by atoms with Crippen molar-refractivity contribution in [1.29, 1.82) is 0 Å². The maximum Gasteiger partial charge on any atom is 0.234 e. The Bertz CT molecular complexity index is 739. The molecule has 1 aliphatic rings. The van der Waals surface area contributed by atoms with Crippen LogP contribution in [0.5, 0.6) is 0 Å². The summed E-state index contributed by atoms with van der Waals surface area (Å²) in [6.07, 6.45) is 0. The van der Waals surface area contributed by atoms with Crippen molar-refractivity contribution in [3.05, 3.63) is 64.7 Å². The standard InChI is InChI=1S/C21H26ClN3O/c1-16-5-3-4-6-20(16)25-13-11-24(12-14-25)15-21(26)23-17(2)18-7-9-19(22)10-8-18/h3-10,17H,11-15H2,1-2H3,(H,23,26). The first-order valence-electron chi connectivity index (χ1n) is 9.10. The summed E-state index contributed by atoms with van der Waals surface area (Å²) in [6, 6.07) is 16.1. The van der Waals surface area contributed by atoms with Gasteiger partial charge in [0, 0.05) is 36.9 Å². The van der Waals surface area contributed by atoms with E-state index in [2.05, 4.69) is 46.3 Å². The second-order valence-electron chi connectivity index (χ2n) is 6.89. The van der Waals surface area contributed by atoms with E-state index in [1.54, 1.807) is 0 Å². The predicted octanol–water partition coefficient (Wildman–Crippen LogP) is 3.65. The number of amides is 1. The number of nitrogens with one attached hydrogen (secondary N) is 1. The number of carbonyl (C=O) groups excluding carboxylic acids is 1. The highest BCUT2D eigenvalue weighted by atomic mass is 35.5. The van der Waals surface area contributed by atoms with E-state index < -0.39 is 0 Å². The van der Waals surface area contributed by atoms with Crippen molar-refractivity contribution in [3.8, 4) is 0 Å². The molecule has 1 saturated heterocycles. The van der Waals surface area contributed by atoms with E-state index in [0.717, 1.165) is 31.7 Å². The van der Waals surface area contributed by atoms with E-state index in [1.807, 2.05) is 31.2 Å². The van der Waals surface area contributed by atoms with Crippen LogP contribution in [0.3, 0.4) is 0 Å². The van der Waals surface area contributed by atoms with Crippen molar-refractivity contribution < 1.29 is 4.79 Å². The van der Waals surface area contributed by atoms with E-state index in [1.165, 1.54) is 11.3 Å². The van der Waals surface area contributed by atoms with Crippen LogP contribution in [0.15, 0.2) is 48.5 Å². The minimum absolute atomic E-state index is 0.0203.